The van der Waals surface area contributed by atoms with E-state index in [2.05, 4.69) is 82.8 Å². The molecule has 4 heteroatoms. The van der Waals surface area contributed by atoms with Crippen molar-refractivity contribution in [3.63, 3.8) is 0 Å². The van der Waals surface area contributed by atoms with Gasteiger partial charge in [0.15, 0.2) is 0 Å². The summed E-state index contributed by atoms with van der Waals surface area (Å²) >= 11 is 0. The van der Waals surface area contributed by atoms with Gasteiger partial charge in [-0.1, -0.05) is 97.1 Å². The standard InChI is InChI=1S/C38H30N2O2/c1-3-11-31(12-4-1)37(33-15-19-35(20-16-33)41-27-29-9-7-23-39-25-29)38(32-13-5-2-6-14-32)34-17-21-36(22-18-34)42-28-30-10-8-24-40-26-30/h1-26H,27-28H2/b38-37+. The molecule has 0 radical (unpaired) electrons. The quantitative estimate of drug-likeness (QED) is 0.161. The largest absolute Gasteiger partial charge is 0.489 e. The minimum Gasteiger partial charge on any atom is -0.489 e. The normalized spacial score (nSPS) is 11.4. The molecule has 0 aliphatic carbocycles. The van der Waals surface area contributed by atoms with Crippen molar-refractivity contribution >= 4 is 11.1 Å². The topological polar surface area (TPSA) is 44.2 Å². The van der Waals surface area contributed by atoms with Crippen LogP contribution in [0.2, 0.25) is 0 Å². The number of nitrogens with zero attached hydrogens (tertiary/aromatic N) is 2. The first kappa shape index (κ1) is 26.7. The van der Waals surface area contributed by atoms with Crippen molar-refractivity contribution in [2.45, 2.75) is 13.2 Å². The molecule has 0 atom stereocenters. The van der Waals surface area contributed by atoms with E-state index in [-0.39, 0.29) is 0 Å². The third-order valence-corrected chi connectivity index (χ3v) is 6.92. The molecule has 4 nitrogen and oxygen atoms in total. The molecule has 0 bridgehead atoms. The molecule has 0 aliphatic rings. The fraction of sp³-hybridized carbons (Fsp3) is 0.0526. The maximum Gasteiger partial charge on any atom is 0.119 e. The predicted molar refractivity (Wildman–Crippen MR) is 168 cm³/mol. The van der Waals surface area contributed by atoms with E-state index in [1.165, 1.54) is 0 Å². The van der Waals surface area contributed by atoms with E-state index in [9.17, 15) is 0 Å². The molecule has 0 amide bonds. The van der Waals surface area contributed by atoms with Crippen molar-refractivity contribution in [2.75, 3.05) is 0 Å². The summed E-state index contributed by atoms with van der Waals surface area (Å²) in [4.78, 5) is 8.36. The summed E-state index contributed by atoms with van der Waals surface area (Å²) in [5, 5.41) is 0. The van der Waals surface area contributed by atoms with Gasteiger partial charge in [0.1, 0.15) is 24.7 Å². The highest BCUT2D eigenvalue weighted by Gasteiger charge is 2.16. The molecular formula is C38H30N2O2. The molecule has 2 heterocycles. The van der Waals surface area contributed by atoms with Gasteiger partial charge in [0, 0.05) is 35.9 Å². The highest BCUT2D eigenvalue weighted by molar-refractivity contribution is 6.04. The van der Waals surface area contributed by atoms with Crippen molar-refractivity contribution in [1.82, 2.24) is 9.97 Å². The van der Waals surface area contributed by atoms with Crippen molar-refractivity contribution < 1.29 is 9.47 Å². The summed E-state index contributed by atoms with van der Waals surface area (Å²) in [5.74, 6) is 1.62. The molecule has 6 rings (SSSR count). The van der Waals surface area contributed by atoms with Gasteiger partial charge >= 0.3 is 0 Å². The number of benzene rings is 4. The minimum absolute atomic E-state index is 0.471. The van der Waals surface area contributed by atoms with Crippen LogP contribution in [-0.2, 0) is 13.2 Å². The Morgan fingerprint density at radius 3 is 1.14 bits per heavy atom. The van der Waals surface area contributed by atoms with Crippen molar-refractivity contribution in [3.8, 4) is 11.5 Å². The van der Waals surface area contributed by atoms with Gasteiger partial charge in [-0.3, -0.25) is 9.97 Å². The zero-order valence-corrected chi connectivity index (χ0v) is 23.1. The molecule has 0 unspecified atom stereocenters. The lowest BCUT2D eigenvalue weighted by Gasteiger charge is -2.19. The van der Waals surface area contributed by atoms with E-state index in [1.54, 1.807) is 12.4 Å². The third kappa shape index (κ3) is 6.62. The lowest BCUT2D eigenvalue weighted by atomic mass is 9.86. The lowest BCUT2D eigenvalue weighted by molar-refractivity contribution is 0.305. The Bertz CT molecular complexity index is 1590. The molecule has 0 fully saturated rings. The summed E-state index contributed by atoms with van der Waals surface area (Å²) in [5.41, 5.74) is 8.83. The van der Waals surface area contributed by atoms with Crippen LogP contribution in [0.5, 0.6) is 11.5 Å². The molecule has 204 valence electrons. The first-order valence-electron chi connectivity index (χ1n) is 13.9. The highest BCUT2D eigenvalue weighted by atomic mass is 16.5. The summed E-state index contributed by atoms with van der Waals surface area (Å²) in [6.45, 7) is 0.943. The fourth-order valence-corrected chi connectivity index (χ4v) is 4.86. The SMILES string of the molecule is c1ccc(/C(=C(/c2ccccc2)c2ccc(OCc3cccnc3)cc2)c2ccc(OCc3cccnc3)cc2)cc1. The van der Waals surface area contributed by atoms with Crippen LogP contribution in [0.15, 0.2) is 158 Å². The molecule has 4 aromatic carbocycles. The van der Waals surface area contributed by atoms with Crippen LogP contribution in [0.1, 0.15) is 33.4 Å². The fourth-order valence-electron chi connectivity index (χ4n) is 4.86. The monoisotopic (exact) mass is 546 g/mol. The van der Waals surface area contributed by atoms with Crippen LogP contribution in [0.4, 0.5) is 0 Å². The Kier molecular flexibility index (Phi) is 8.43. The number of rotatable bonds is 10. The average Bonchev–Trinajstić information content (AvgIpc) is 3.08. The summed E-state index contributed by atoms with van der Waals surface area (Å²) in [6, 6.07) is 45.6. The Balaban J connectivity index is 1.37. The first-order chi connectivity index (χ1) is 20.8. The molecule has 0 spiro atoms. The summed E-state index contributed by atoms with van der Waals surface area (Å²) in [6.07, 6.45) is 7.18. The highest BCUT2D eigenvalue weighted by Crippen LogP contribution is 2.38. The van der Waals surface area contributed by atoms with Gasteiger partial charge < -0.3 is 9.47 Å². The van der Waals surface area contributed by atoms with E-state index in [4.69, 9.17) is 9.47 Å². The molecular weight excluding hydrogens is 516 g/mol. The Morgan fingerprint density at radius 2 is 0.786 bits per heavy atom. The van der Waals surface area contributed by atoms with Crippen LogP contribution in [0.25, 0.3) is 11.1 Å². The number of ether oxygens (including phenoxy) is 2. The second-order valence-corrected chi connectivity index (χ2v) is 9.83. The molecule has 0 aliphatic heterocycles. The first-order valence-corrected chi connectivity index (χ1v) is 13.9. The Labute approximate surface area is 246 Å². The molecule has 42 heavy (non-hydrogen) atoms. The number of pyridine rings is 2. The van der Waals surface area contributed by atoms with E-state index in [0.29, 0.717) is 13.2 Å². The smallest absolute Gasteiger partial charge is 0.119 e. The van der Waals surface area contributed by atoms with Gasteiger partial charge in [-0.15, -0.1) is 0 Å². The van der Waals surface area contributed by atoms with Crippen LogP contribution in [-0.4, -0.2) is 9.97 Å². The minimum atomic E-state index is 0.471. The van der Waals surface area contributed by atoms with Gasteiger partial charge in [0.2, 0.25) is 0 Å². The van der Waals surface area contributed by atoms with Crippen molar-refractivity contribution in [3.05, 3.63) is 192 Å². The molecule has 2 aromatic heterocycles. The van der Waals surface area contributed by atoms with E-state index in [1.807, 2.05) is 73.1 Å². The van der Waals surface area contributed by atoms with Gasteiger partial charge in [0.05, 0.1) is 0 Å². The number of hydrogen-bond acceptors (Lipinski definition) is 4. The van der Waals surface area contributed by atoms with Crippen LogP contribution in [0, 0.1) is 0 Å². The maximum absolute atomic E-state index is 6.06. The zero-order valence-electron chi connectivity index (χ0n) is 23.1. The maximum atomic E-state index is 6.06. The van der Waals surface area contributed by atoms with E-state index < -0.39 is 0 Å². The third-order valence-electron chi connectivity index (χ3n) is 6.92. The van der Waals surface area contributed by atoms with Crippen molar-refractivity contribution in [2.24, 2.45) is 0 Å². The van der Waals surface area contributed by atoms with Gasteiger partial charge in [-0.25, -0.2) is 0 Å². The predicted octanol–water partition coefficient (Wildman–Crippen LogP) is 8.64. The summed E-state index contributed by atoms with van der Waals surface area (Å²) < 4.78 is 12.1. The Morgan fingerprint density at radius 1 is 0.405 bits per heavy atom. The van der Waals surface area contributed by atoms with Gasteiger partial charge in [0.25, 0.3) is 0 Å². The lowest BCUT2D eigenvalue weighted by Crippen LogP contribution is -1.99. The van der Waals surface area contributed by atoms with Crippen LogP contribution in [0.3, 0.4) is 0 Å². The molecule has 6 aromatic rings. The summed E-state index contributed by atoms with van der Waals surface area (Å²) in [7, 11) is 0. The molecule has 0 N–H and O–H groups in total. The van der Waals surface area contributed by atoms with E-state index >= 15 is 0 Å². The van der Waals surface area contributed by atoms with Gasteiger partial charge in [-0.2, -0.15) is 0 Å². The molecule has 0 saturated heterocycles. The number of hydrogen-bond donors (Lipinski definition) is 0. The van der Waals surface area contributed by atoms with Crippen LogP contribution < -0.4 is 9.47 Å². The van der Waals surface area contributed by atoms with Gasteiger partial charge in [-0.05, 0) is 69.8 Å². The molecule has 0 saturated carbocycles. The average molecular weight is 547 g/mol. The second kappa shape index (κ2) is 13.2. The van der Waals surface area contributed by atoms with Crippen molar-refractivity contribution in [1.29, 1.82) is 0 Å². The number of aromatic nitrogens is 2. The second-order valence-electron chi connectivity index (χ2n) is 9.83. The van der Waals surface area contributed by atoms with E-state index in [0.717, 1.165) is 56.0 Å². The Hall–Kier alpha value is -5.48. The van der Waals surface area contributed by atoms with Crippen LogP contribution >= 0.6 is 0 Å². The zero-order chi connectivity index (χ0) is 28.4.